The molecule has 0 rings (SSSR count). The van der Waals surface area contributed by atoms with Gasteiger partial charge in [-0.2, -0.15) is 0 Å². The molecule has 14 heavy (non-hydrogen) atoms. The minimum absolute atomic E-state index is 0.0173. The van der Waals surface area contributed by atoms with Gasteiger partial charge in [-0.15, -0.1) is 0 Å². The van der Waals surface area contributed by atoms with Crippen LogP contribution < -0.4 is 0 Å². The fourth-order valence-electron chi connectivity index (χ4n) is 0.884. The molecule has 0 amide bonds. The minimum atomic E-state index is 0.0173. The molecule has 0 bridgehead atoms. The lowest BCUT2D eigenvalue weighted by Crippen LogP contribution is -2.11. The third-order valence-electron chi connectivity index (χ3n) is 1.35. The summed E-state index contributed by atoms with van der Waals surface area (Å²) in [6.45, 7) is 12.6. The van der Waals surface area contributed by atoms with Crippen molar-refractivity contribution in [3.05, 3.63) is 23.7 Å². The van der Waals surface area contributed by atoms with Crippen molar-refractivity contribution in [1.29, 1.82) is 0 Å². The molecular weight excluding hydrogens is 194 g/mol. The molecule has 78 valence electrons. The summed E-state index contributed by atoms with van der Waals surface area (Å²) in [7, 11) is 0. The highest BCUT2D eigenvalue weighted by Gasteiger charge is 2.15. The maximum atomic E-state index is 11.4. The molecule has 0 fully saturated rings. The monoisotopic (exact) mass is 211 g/mol. The van der Waals surface area contributed by atoms with Crippen molar-refractivity contribution in [3.8, 4) is 0 Å². The number of carbonyl (C=O) groups excluding carboxylic acids is 1. The first kappa shape index (κ1) is 13.2. The van der Waals surface area contributed by atoms with Crippen molar-refractivity contribution in [2.45, 2.75) is 44.8 Å². The Morgan fingerprint density at radius 1 is 1.50 bits per heavy atom. The van der Waals surface area contributed by atoms with Gasteiger partial charge in [-0.25, -0.2) is 4.85 Å². The zero-order valence-electron chi connectivity index (χ0n) is 9.04. The van der Waals surface area contributed by atoms with Gasteiger partial charge in [-0.05, 0) is 12.8 Å². The second kappa shape index (κ2) is 6.67. The molecule has 0 heterocycles. The van der Waals surface area contributed by atoms with Crippen molar-refractivity contribution in [2.75, 3.05) is 0 Å². The first-order valence-corrected chi connectivity index (χ1v) is 5.51. The molecule has 2 nitrogen and oxygen atoms in total. The van der Waals surface area contributed by atoms with Gasteiger partial charge in [-0.1, -0.05) is 38.6 Å². The Hall–Kier alpha value is -0.750. The number of allylic oxidation sites excluding steroid dienone is 1. The third-order valence-corrected chi connectivity index (χ3v) is 2.40. The lowest BCUT2D eigenvalue weighted by atomic mass is 10.2. The highest BCUT2D eigenvalue weighted by atomic mass is 32.2. The smallest absolute Gasteiger partial charge is 0.189 e. The normalized spacial score (nSPS) is 11.6. The van der Waals surface area contributed by atoms with E-state index < -0.39 is 0 Å². The fraction of sp³-hybridized carbons (Fsp3) is 0.636. The van der Waals surface area contributed by atoms with E-state index in [-0.39, 0.29) is 9.86 Å². The molecule has 0 aromatic rings. The Morgan fingerprint density at radius 2 is 2.14 bits per heavy atom. The summed E-state index contributed by atoms with van der Waals surface area (Å²) in [4.78, 5) is 14.5. The maximum Gasteiger partial charge on any atom is 0.189 e. The highest BCUT2D eigenvalue weighted by molar-refractivity contribution is 8.14. The van der Waals surface area contributed by atoms with Crippen molar-refractivity contribution in [2.24, 2.45) is 0 Å². The molecule has 0 aliphatic heterocycles. The first-order valence-electron chi connectivity index (χ1n) is 4.69. The standard InChI is InChI=1S/C11H17NOS/c1-11(2,3)14-10(13)8-6-5-7-9-12-4/h7,9H,5-6,8H2,1-3H3. The van der Waals surface area contributed by atoms with Gasteiger partial charge < -0.3 is 0 Å². The molecule has 0 aromatic heterocycles. The summed E-state index contributed by atoms with van der Waals surface area (Å²) in [5.74, 6) is 0. The molecule has 0 aliphatic rings. The Kier molecular flexibility index (Phi) is 6.31. The van der Waals surface area contributed by atoms with Crippen LogP contribution in [0.1, 0.15) is 40.0 Å². The van der Waals surface area contributed by atoms with Gasteiger partial charge in [0, 0.05) is 11.2 Å². The van der Waals surface area contributed by atoms with E-state index >= 15 is 0 Å². The number of rotatable bonds is 4. The predicted octanol–water partition coefficient (Wildman–Crippen LogP) is 3.65. The van der Waals surface area contributed by atoms with E-state index in [1.54, 1.807) is 0 Å². The van der Waals surface area contributed by atoms with E-state index in [0.29, 0.717) is 6.42 Å². The Morgan fingerprint density at radius 3 is 2.64 bits per heavy atom. The number of carbonyl (C=O) groups is 1. The van der Waals surface area contributed by atoms with Gasteiger partial charge in [0.2, 0.25) is 0 Å². The van der Waals surface area contributed by atoms with Crippen molar-refractivity contribution >= 4 is 16.9 Å². The summed E-state index contributed by atoms with van der Waals surface area (Å²) in [6.07, 6.45) is 5.51. The lowest BCUT2D eigenvalue weighted by Gasteiger charge is -2.15. The zero-order chi connectivity index (χ0) is 11.0. The molecule has 0 radical (unpaired) electrons. The average Bonchev–Trinajstić information content (AvgIpc) is 2.00. The van der Waals surface area contributed by atoms with Crippen LogP contribution in [0.15, 0.2) is 12.3 Å². The van der Waals surface area contributed by atoms with Crippen molar-refractivity contribution in [1.82, 2.24) is 0 Å². The summed E-state index contributed by atoms with van der Waals surface area (Å²) >= 11 is 1.40. The molecule has 3 heteroatoms. The van der Waals surface area contributed by atoms with Crippen LogP contribution in [0.5, 0.6) is 0 Å². The quantitative estimate of drug-likeness (QED) is 0.523. The fourth-order valence-corrected chi connectivity index (χ4v) is 1.81. The van der Waals surface area contributed by atoms with Crippen LogP contribution in [0.3, 0.4) is 0 Å². The summed E-state index contributed by atoms with van der Waals surface area (Å²) in [5, 5.41) is 0.244. The molecule has 0 aromatic carbocycles. The van der Waals surface area contributed by atoms with Crippen LogP contribution in [0.4, 0.5) is 0 Å². The van der Waals surface area contributed by atoms with E-state index in [1.807, 2.05) is 26.8 Å². The number of hydrogen-bond acceptors (Lipinski definition) is 2. The number of thioether (sulfide) groups is 1. The van der Waals surface area contributed by atoms with E-state index in [1.165, 1.54) is 18.0 Å². The topological polar surface area (TPSA) is 21.4 Å². The summed E-state index contributed by atoms with van der Waals surface area (Å²) in [5.41, 5.74) is 0. The number of unbranched alkanes of at least 4 members (excludes halogenated alkanes) is 1. The van der Waals surface area contributed by atoms with E-state index in [4.69, 9.17) is 6.57 Å². The molecule has 0 atom stereocenters. The second-order valence-electron chi connectivity index (χ2n) is 3.99. The van der Waals surface area contributed by atoms with Crippen LogP contribution in [0.25, 0.3) is 4.85 Å². The van der Waals surface area contributed by atoms with Gasteiger partial charge in [0.1, 0.15) is 6.20 Å². The van der Waals surface area contributed by atoms with Crippen LogP contribution in [0, 0.1) is 6.57 Å². The molecule has 0 N–H and O–H groups in total. The number of nitrogens with zero attached hydrogens (tertiary/aromatic N) is 1. The summed E-state index contributed by atoms with van der Waals surface area (Å²) < 4.78 is 0.0173. The summed E-state index contributed by atoms with van der Waals surface area (Å²) in [6, 6.07) is 0. The first-order chi connectivity index (χ1) is 6.45. The SMILES string of the molecule is [C-]#[N+]C=CCCCC(=O)SC(C)(C)C. The Labute approximate surface area is 90.6 Å². The predicted molar refractivity (Wildman–Crippen MR) is 61.9 cm³/mol. The largest absolute Gasteiger partial charge is 0.287 e. The Balaban J connectivity index is 3.56. The van der Waals surface area contributed by atoms with Gasteiger partial charge in [0.05, 0.1) is 6.57 Å². The zero-order valence-corrected chi connectivity index (χ0v) is 9.86. The highest BCUT2D eigenvalue weighted by Crippen LogP contribution is 2.25. The van der Waals surface area contributed by atoms with Crippen LogP contribution in [-0.2, 0) is 4.79 Å². The molecule has 0 spiro atoms. The van der Waals surface area contributed by atoms with Crippen molar-refractivity contribution in [3.63, 3.8) is 0 Å². The van der Waals surface area contributed by atoms with Crippen molar-refractivity contribution < 1.29 is 4.79 Å². The third kappa shape index (κ3) is 9.34. The van der Waals surface area contributed by atoms with E-state index in [2.05, 4.69) is 4.85 Å². The van der Waals surface area contributed by atoms with Crippen LogP contribution in [0.2, 0.25) is 0 Å². The Bertz CT molecular complexity index is 245. The maximum absolute atomic E-state index is 11.4. The average molecular weight is 211 g/mol. The van der Waals surface area contributed by atoms with Gasteiger partial charge in [0.25, 0.3) is 0 Å². The van der Waals surface area contributed by atoms with Gasteiger partial charge in [-0.3, -0.25) is 4.79 Å². The van der Waals surface area contributed by atoms with Crippen LogP contribution >= 0.6 is 11.8 Å². The second-order valence-corrected chi connectivity index (χ2v) is 5.88. The molecule has 0 saturated heterocycles. The molecule has 0 unspecified atom stereocenters. The molecule has 0 saturated carbocycles. The molecule has 0 aliphatic carbocycles. The minimum Gasteiger partial charge on any atom is -0.287 e. The molecular formula is C11H17NOS. The van der Waals surface area contributed by atoms with E-state index in [9.17, 15) is 4.79 Å². The van der Waals surface area contributed by atoms with E-state index in [0.717, 1.165) is 12.8 Å². The van der Waals surface area contributed by atoms with Gasteiger partial charge >= 0.3 is 0 Å². The number of hydrogen-bond donors (Lipinski definition) is 0. The lowest BCUT2D eigenvalue weighted by molar-refractivity contribution is -0.111. The van der Waals surface area contributed by atoms with Gasteiger partial charge in [0.15, 0.2) is 5.12 Å². The van der Waals surface area contributed by atoms with Crippen LogP contribution in [-0.4, -0.2) is 9.86 Å².